The van der Waals surface area contributed by atoms with Crippen LogP contribution in [0.5, 0.6) is 0 Å². The first-order chi connectivity index (χ1) is 8.34. The number of amides is 2. The molecule has 17 heavy (non-hydrogen) atoms. The third-order valence-corrected chi connectivity index (χ3v) is 4.48. The summed E-state index contributed by atoms with van der Waals surface area (Å²) in [4.78, 5) is 19.1. The lowest BCUT2D eigenvalue weighted by Gasteiger charge is -2.40. The van der Waals surface area contributed by atoms with Gasteiger partial charge in [0.1, 0.15) is 0 Å². The number of rotatable bonds is 0. The molecule has 4 nitrogen and oxygen atoms in total. The van der Waals surface area contributed by atoms with Crippen LogP contribution >= 0.6 is 0 Å². The van der Waals surface area contributed by atoms with E-state index in [9.17, 15) is 4.79 Å². The molecule has 4 heteroatoms. The van der Waals surface area contributed by atoms with Gasteiger partial charge in [-0.15, -0.1) is 0 Å². The summed E-state index contributed by atoms with van der Waals surface area (Å²) in [5, 5.41) is 0. The monoisotopic (exact) mass is 237 g/mol. The summed E-state index contributed by atoms with van der Waals surface area (Å²) in [6.45, 7) is 6.19. The van der Waals surface area contributed by atoms with E-state index in [2.05, 4.69) is 14.7 Å². The normalized spacial score (nSPS) is 30.5. The fraction of sp³-hybridized carbons (Fsp3) is 0.923. The van der Waals surface area contributed by atoms with Gasteiger partial charge in [0, 0.05) is 38.8 Å². The molecule has 3 rings (SSSR count). The molecule has 0 aromatic rings. The number of carbonyl (C=O) groups excluding carboxylic acids is 1. The number of carbonyl (C=O) groups is 1. The van der Waals surface area contributed by atoms with E-state index in [4.69, 9.17) is 0 Å². The Labute approximate surface area is 104 Å². The van der Waals surface area contributed by atoms with E-state index in [1.807, 2.05) is 0 Å². The molecule has 0 N–H and O–H groups in total. The van der Waals surface area contributed by atoms with Gasteiger partial charge in [-0.2, -0.15) is 0 Å². The number of piperazine rings is 1. The van der Waals surface area contributed by atoms with Gasteiger partial charge in [0.05, 0.1) is 0 Å². The minimum Gasteiger partial charge on any atom is -0.325 e. The molecular formula is C13H23N3O. The lowest BCUT2D eigenvalue weighted by Crippen LogP contribution is -2.56. The van der Waals surface area contributed by atoms with Gasteiger partial charge in [-0.25, -0.2) is 4.79 Å². The SMILES string of the molecule is O=C(N1CCCCC1)N1CCN2CCCC2C1. The van der Waals surface area contributed by atoms with Gasteiger partial charge < -0.3 is 9.80 Å². The Hall–Kier alpha value is -0.770. The summed E-state index contributed by atoms with van der Waals surface area (Å²) in [5.74, 6) is 0. The second kappa shape index (κ2) is 4.84. The molecule has 2 amide bonds. The molecule has 0 saturated carbocycles. The van der Waals surface area contributed by atoms with Crippen LogP contribution < -0.4 is 0 Å². The van der Waals surface area contributed by atoms with Gasteiger partial charge in [0.25, 0.3) is 0 Å². The molecule has 3 heterocycles. The first-order valence-corrected chi connectivity index (χ1v) is 7.12. The fourth-order valence-corrected chi connectivity index (χ4v) is 3.45. The molecule has 96 valence electrons. The maximum absolute atomic E-state index is 12.4. The standard InChI is InChI=1S/C13H23N3O/c17-13(15-6-2-1-3-7-15)16-10-9-14-8-4-5-12(14)11-16/h12H,1-11H2. The molecule has 0 aromatic heterocycles. The Bertz CT molecular complexity index is 288. The van der Waals surface area contributed by atoms with E-state index in [0.29, 0.717) is 12.1 Å². The third kappa shape index (κ3) is 2.28. The van der Waals surface area contributed by atoms with Gasteiger partial charge in [0.2, 0.25) is 0 Å². The van der Waals surface area contributed by atoms with Crippen LogP contribution in [-0.2, 0) is 0 Å². The maximum atomic E-state index is 12.4. The van der Waals surface area contributed by atoms with E-state index in [1.165, 1.54) is 38.6 Å². The van der Waals surface area contributed by atoms with Crippen LogP contribution in [0.1, 0.15) is 32.1 Å². The number of hydrogen-bond acceptors (Lipinski definition) is 2. The van der Waals surface area contributed by atoms with Crippen molar-refractivity contribution in [3.63, 3.8) is 0 Å². The topological polar surface area (TPSA) is 26.8 Å². The Morgan fingerprint density at radius 1 is 0.824 bits per heavy atom. The Kier molecular flexibility index (Phi) is 3.23. The Morgan fingerprint density at radius 2 is 1.65 bits per heavy atom. The van der Waals surface area contributed by atoms with E-state index >= 15 is 0 Å². The largest absolute Gasteiger partial charge is 0.325 e. The number of hydrogen-bond donors (Lipinski definition) is 0. The summed E-state index contributed by atoms with van der Waals surface area (Å²) in [5.41, 5.74) is 0. The number of likely N-dealkylation sites (tertiary alicyclic amines) is 1. The quantitative estimate of drug-likeness (QED) is 0.636. The number of urea groups is 1. The number of piperidine rings is 1. The Balaban J connectivity index is 1.58. The van der Waals surface area contributed by atoms with E-state index < -0.39 is 0 Å². The van der Waals surface area contributed by atoms with Crippen molar-refractivity contribution in [3.8, 4) is 0 Å². The molecule has 3 saturated heterocycles. The predicted octanol–water partition coefficient (Wildman–Crippen LogP) is 1.37. The molecule has 0 bridgehead atoms. The molecule has 3 fully saturated rings. The van der Waals surface area contributed by atoms with Crippen molar-refractivity contribution >= 4 is 6.03 Å². The van der Waals surface area contributed by atoms with Crippen LogP contribution in [0, 0.1) is 0 Å². The van der Waals surface area contributed by atoms with Crippen LogP contribution in [0.2, 0.25) is 0 Å². The molecular weight excluding hydrogens is 214 g/mol. The molecule has 3 aliphatic heterocycles. The second-order valence-corrected chi connectivity index (χ2v) is 5.61. The van der Waals surface area contributed by atoms with Crippen molar-refractivity contribution in [2.24, 2.45) is 0 Å². The first kappa shape index (κ1) is 11.3. The molecule has 1 atom stereocenters. The highest BCUT2D eigenvalue weighted by Crippen LogP contribution is 2.22. The third-order valence-electron chi connectivity index (χ3n) is 4.48. The average molecular weight is 237 g/mol. The average Bonchev–Trinajstić information content (AvgIpc) is 2.86. The Morgan fingerprint density at radius 3 is 2.47 bits per heavy atom. The summed E-state index contributed by atoms with van der Waals surface area (Å²) < 4.78 is 0. The summed E-state index contributed by atoms with van der Waals surface area (Å²) in [6.07, 6.45) is 6.27. The molecule has 0 aromatic carbocycles. The molecule has 0 aliphatic carbocycles. The predicted molar refractivity (Wildman–Crippen MR) is 67.0 cm³/mol. The lowest BCUT2D eigenvalue weighted by molar-refractivity contribution is 0.0914. The van der Waals surface area contributed by atoms with E-state index in [1.54, 1.807) is 0 Å². The lowest BCUT2D eigenvalue weighted by atomic mass is 10.1. The van der Waals surface area contributed by atoms with Crippen molar-refractivity contribution < 1.29 is 4.79 Å². The highest BCUT2D eigenvalue weighted by molar-refractivity contribution is 5.74. The van der Waals surface area contributed by atoms with Crippen molar-refractivity contribution in [2.75, 3.05) is 39.3 Å². The summed E-state index contributed by atoms with van der Waals surface area (Å²) in [7, 11) is 0. The molecule has 3 aliphatic rings. The first-order valence-electron chi connectivity index (χ1n) is 7.12. The minimum absolute atomic E-state index is 0.302. The van der Waals surface area contributed by atoms with Crippen molar-refractivity contribution in [1.82, 2.24) is 14.7 Å². The van der Waals surface area contributed by atoms with Crippen LogP contribution in [0.3, 0.4) is 0 Å². The molecule has 0 spiro atoms. The summed E-state index contributed by atoms with van der Waals surface area (Å²) >= 11 is 0. The highest BCUT2D eigenvalue weighted by atomic mass is 16.2. The van der Waals surface area contributed by atoms with Gasteiger partial charge >= 0.3 is 6.03 Å². The second-order valence-electron chi connectivity index (χ2n) is 5.61. The van der Waals surface area contributed by atoms with Crippen LogP contribution in [0.15, 0.2) is 0 Å². The van der Waals surface area contributed by atoms with Crippen molar-refractivity contribution in [2.45, 2.75) is 38.1 Å². The zero-order valence-corrected chi connectivity index (χ0v) is 10.6. The van der Waals surface area contributed by atoms with Gasteiger partial charge in [-0.1, -0.05) is 0 Å². The zero-order chi connectivity index (χ0) is 11.7. The minimum atomic E-state index is 0.302. The maximum Gasteiger partial charge on any atom is 0.320 e. The van der Waals surface area contributed by atoms with Gasteiger partial charge in [-0.05, 0) is 38.6 Å². The number of fused-ring (bicyclic) bond motifs is 1. The molecule has 0 radical (unpaired) electrons. The van der Waals surface area contributed by atoms with Crippen LogP contribution in [0.25, 0.3) is 0 Å². The highest BCUT2D eigenvalue weighted by Gasteiger charge is 2.34. The molecule has 1 unspecified atom stereocenters. The van der Waals surface area contributed by atoms with E-state index in [0.717, 1.165) is 32.7 Å². The summed E-state index contributed by atoms with van der Waals surface area (Å²) in [6, 6.07) is 0.953. The van der Waals surface area contributed by atoms with E-state index in [-0.39, 0.29) is 0 Å². The number of nitrogens with zero attached hydrogens (tertiary/aromatic N) is 3. The van der Waals surface area contributed by atoms with Gasteiger partial charge in [-0.3, -0.25) is 4.90 Å². The van der Waals surface area contributed by atoms with Crippen LogP contribution in [0.4, 0.5) is 4.79 Å². The van der Waals surface area contributed by atoms with Gasteiger partial charge in [0.15, 0.2) is 0 Å². The van der Waals surface area contributed by atoms with Crippen molar-refractivity contribution in [1.29, 1.82) is 0 Å². The van der Waals surface area contributed by atoms with Crippen molar-refractivity contribution in [3.05, 3.63) is 0 Å². The fourth-order valence-electron chi connectivity index (χ4n) is 3.45. The van der Waals surface area contributed by atoms with Crippen LogP contribution in [-0.4, -0.2) is 66.0 Å². The smallest absolute Gasteiger partial charge is 0.320 e. The zero-order valence-electron chi connectivity index (χ0n) is 10.6.